The Morgan fingerprint density at radius 1 is 1.21 bits per heavy atom. The molecule has 1 atom stereocenters. The van der Waals surface area contributed by atoms with Crippen molar-refractivity contribution in [3.63, 3.8) is 0 Å². The second-order valence-corrected chi connectivity index (χ2v) is 7.11. The summed E-state index contributed by atoms with van der Waals surface area (Å²) in [5.74, 6) is -0.933. The van der Waals surface area contributed by atoms with Crippen molar-refractivity contribution >= 4 is 19.7 Å². The lowest BCUT2D eigenvalue weighted by molar-refractivity contribution is 0.169. The van der Waals surface area contributed by atoms with Gasteiger partial charge in [-0.2, -0.15) is 0 Å². The monoisotopic (exact) mass is 240 g/mol. The van der Waals surface area contributed by atoms with Crippen LogP contribution in [0.15, 0.2) is 24.0 Å². The van der Waals surface area contributed by atoms with Gasteiger partial charge in [0.2, 0.25) is 9.84 Å². The fourth-order valence-corrected chi connectivity index (χ4v) is 3.07. The molecule has 5 nitrogen and oxygen atoms in total. The van der Waals surface area contributed by atoms with Crippen LogP contribution in [0.5, 0.6) is 0 Å². The third-order valence-corrected chi connectivity index (χ3v) is 5.02. The van der Waals surface area contributed by atoms with E-state index in [1.54, 1.807) is 0 Å². The smallest absolute Gasteiger partial charge is 0.201 e. The number of sulfone groups is 2. The van der Waals surface area contributed by atoms with E-state index in [-0.39, 0.29) is 0 Å². The molecule has 0 saturated heterocycles. The molecule has 82 valence electrons. The fraction of sp³-hybridized carbons (Fsp3) is 0.429. The van der Waals surface area contributed by atoms with Crippen LogP contribution in [0.1, 0.15) is 6.92 Å². The van der Waals surface area contributed by atoms with Gasteiger partial charge in [-0.1, -0.05) is 13.2 Å². The van der Waals surface area contributed by atoms with Gasteiger partial charge in [-0.3, -0.25) is 0 Å². The predicted molar refractivity (Wildman–Crippen MR) is 53.7 cm³/mol. The molecule has 0 amide bonds. The van der Waals surface area contributed by atoms with Gasteiger partial charge in [-0.05, 0) is 6.92 Å². The summed E-state index contributed by atoms with van der Waals surface area (Å²) in [4.78, 5) is -2.37. The van der Waals surface area contributed by atoms with Gasteiger partial charge in [0.1, 0.15) is 0 Å². The molecule has 1 unspecified atom stereocenters. The highest BCUT2D eigenvalue weighted by molar-refractivity contribution is 7.98. The summed E-state index contributed by atoms with van der Waals surface area (Å²) in [7, 11) is -7.83. The minimum absolute atomic E-state index is 0.519. The van der Waals surface area contributed by atoms with Gasteiger partial charge >= 0.3 is 0 Å². The Morgan fingerprint density at radius 2 is 1.64 bits per heavy atom. The van der Waals surface area contributed by atoms with E-state index in [2.05, 4.69) is 13.2 Å². The van der Waals surface area contributed by atoms with Crippen molar-refractivity contribution in [1.29, 1.82) is 0 Å². The van der Waals surface area contributed by atoms with Gasteiger partial charge in [0.25, 0.3) is 0 Å². The van der Waals surface area contributed by atoms with Crippen LogP contribution in [0.3, 0.4) is 0 Å². The average molecular weight is 240 g/mol. The molecule has 14 heavy (non-hydrogen) atoms. The van der Waals surface area contributed by atoms with Crippen LogP contribution in [0, 0.1) is 0 Å². The zero-order valence-corrected chi connectivity index (χ0v) is 9.31. The maximum Gasteiger partial charge on any atom is 0.201 e. The van der Waals surface area contributed by atoms with Crippen molar-refractivity contribution in [2.75, 3.05) is 5.75 Å². The van der Waals surface area contributed by atoms with Crippen molar-refractivity contribution in [2.24, 2.45) is 0 Å². The van der Waals surface area contributed by atoms with Gasteiger partial charge < -0.3 is 5.11 Å². The van der Waals surface area contributed by atoms with Gasteiger partial charge in [-0.15, -0.1) is 0 Å². The predicted octanol–water partition coefficient (Wildman–Crippen LogP) is -0.188. The van der Waals surface area contributed by atoms with E-state index in [0.717, 1.165) is 6.92 Å². The highest BCUT2D eigenvalue weighted by Crippen LogP contribution is 2.18. The Morgan fingerprint density at radius 3 is 1.93 bits per heavy atom. The first-order chi connectivity index (χ1) is 6.08. The molecule has 0 aliphatic rings. The number of aliphatic hydroxyl groups is 1. The molecule has 0 bridgehead atoms. The van der Waals surface area contributed by atoms with Crippen molar-refractivity contribution in [1.82, 2.24) is 0 Å². The van der Waals surface area contributed by atoms with Crippen LogP contribution < -0.4 is 0 Å². The third kappa shape index (κ3) is 2.93. The summed E-state index contributed by atoms with van der Waals surface area (Å²) >= 11 is 0. The molecule has 0 aliphatic heterocycles. The molecule has 0 spiro atoms. The Hall–Kier alpha value is -0.660. The molecule has 0 radical (unpaired) electrons. The van der Waals surface area contributed by atoms with E-state index in [0.29, 0.717) is 10.8 Å². The lowest BCUT2D eigenvalue weighted by Crippen LogP contribution is -2.40. The number of hydrogen-bond donors (Lipinski definition) is 1. The van der Waals surface area contributed by atoms with Crippen LogP contribution >= 0.6 is 0 Å². The Labute approximate surface area is 83.6 Å². The van der Waals surface area contributed by atoms with E-state index in [1.165, 1.54) is 0 Å². The summed E-state index contributed by atoms with van der Waals surface area (Å²) < 4.78 is 44.3. The Balaban J connectivity index is 5.23. The van der Waals surface area contributed by atoms with Crippen molar-refractivity contribution < 1.29 is 21.9 Å². The number of rotatable bonds is 5. The van der Waals surface area contributed by atoms with Crippen LogP contribution in [0.25, 0.3) is 0 Å². The van der Waals surface area contributed by atoms with Gasteiger partial charge in [0.05, 0.1) is 5.75 Å². The van der Waals surface area contributed by atoms with Gasteiger partial charge in [0, 0.05) is 10.8 Å². The highest BCUT2D eigenvalue weighted by atomic mass is 32.2. The zero-order valence-electron chi connectivity index (χ0n) is 7.67. The summed E-state index contributed by atoms with van der Waals surface area (Å²) in [5.41, 5.74) is 0. The van der Waals surface area contributed by atoms with Gasteiger partial charge in [0.15, 0.2) is 14.8 Å². The van der Waals surface area contributed by atoms with E-state index in [1.807, 2.05) is 0 Å². The molecule has 0 fully saturated rings. The third-order valence-electron chi connectivity index (χ3n) is 1.56. The Kier molecular flexibility index (Phi) is 3.65. The normalized spacial score (nSPS) is 17.0. The largest absolute Gasteiger partial charge is 0.373 e. The van der Waals surface area contributed by atoms with Crippen LogP contribution in [-0.2, 0) is 19.7 Å². The molecule has 1 N–H and O–H groups in total. The quantitative estimate of drug-likeness (QED) is 0.719. The standard InChI is InChI=1S/C7H12O5S2/c1-4-13(9,10)6-7(3,8)14(11,12)5-2/h4-5,8H,1-2,6H2,3H3. The summed E-state index contributed by atoms with van der Waals surface area (Å²) in [6, 6.07) is 0. The molecular weight excluding hydrogens is 228 g/mol. The van der Waals surface area contributed by atoms with E-state index in [9.17, 15) is 21.9 Å². The summed E-state index contributed by atoms with van der Waals surface area (Å²) in [6.07, 6.45) is 0. The van der Waals surface area contributed by atoms with Crippen molar-refractivity contribution in [3.05, 3.63) is 24.0 Å². The maximum absolute atomic E-state index is 11.1. The fourth-order valence-electron chi connectivity index (χ4n) is 0.694. The molecule has 0 heterocycles. The maximum atomic E-state index is 11.1. The second-order valence-electron chi connectivity index (χ2n) is 2.86. The van der Waals surface area contributed by atoms with Crippen LogP contribution in [0.4, 0.5) is 0 Å². The SMILES string of the molecule is C=CS(=O)(=O)CC(C)(O)S(=O)(=O)C=C. The summed E-state index contributed by atoms with van der Waals surface area (Å²) in [6.45, 7) is 6.88. The minimum Gasteiger partial charge on any atom is -0.373 e. The molecular formula is C7H12O5S2. The first kappa shape index (κ1) is 13.3. The molecule has 0 aromatic carbocycles. The van der Waals surface area contributed by atoms with Crippen LogP contribution in [-0.4, -0.2) is 32.6 Å². The lowest BCUT2D eigenvalue weighted by atomic mass is 10.5. The zero-order chi connectivity index (χ0) is 11.6. The second kappa shape index (κ2) is 3.84. The van der Waals surface area contributed by atoms with Gasteiger partial charge in [-0.25, -0.2) is 16.8 Å². The summed E-state index contributed by atoms with van der Waals surface area (Å²) in [5, 5.41) is 10.5. The topological polar surface area (TPSA) is 88.5 Å². The van der Waals surface area contributed by atoms with Crippen molar-refractivity contribution in [3.8, 4) is 0 Å². The van der Waals surface area contributed by atoms with Crippen LogP contribution in [0.2, 0.25) is 0 Å². The molecule has 7 heteroatoms. The van der Waals surface area contributed by atoms with E-state index in [4.69, 9.17) is 0 Å². The lowest BCUT2D eigenvalue weighted by Gasteiger charge is -2.19. The first-order valence-electron chi connectivity index (χ1n) is 3.52. The minimum atomic E-state index is -4.05. The molecule has 0 saturated carbocycles. The van der Waals surface area contributed by atoms with Crippen molar-refractivity contribution in [2.45, 2.75) is 11.9 Å². The average Bonchev–Trinajstić information content (AvgIpc) is 2.02. The Bertz CT molecular complexity index is 427. The first-order valence-corrected chi connectivity index (χ1v) is 6.79. The highest BCUT2D eigenvalue weighted by Gasteiger charge is 2.38. The molecule has 0 aromatic heterocycles. The number of hydrogen-bond acceptors (Lipinski definition) is 5. The van der Waals surface area contributed by atoms with E-state index >= 15 is 0 Å². The molecule has 0 aromatic rings. The van der Waals surface area contributed by atoms with E-state index < -0.39 is 30.4 Å². The molecule has 0 rings (SSSR count). The molecule has 0 aliphatic carbocycles.